The molecule has 0 saturated carbocycles. The highest BCUT2D eigenvalue weighted by Gasteiger charge is 2.28. The molecule has 3 aromatic carbocycles. The van der Waals surface area contributed by atoms with Crippen molar-refractivity contribution >= 4 is 23.2 Å². The van der Waals surface area contributed by atoms with Gasteiger partial charge in [0.25, 0.3) is 5.91 Å². The molecule has 31 heavy (non-hydrogen) atoms. The van der Waals surface area contributed by atoms with Gasteiger partial charge in [0.2, 0.25) is 0 Å². The number of hydrogen-bond acceptors (Lipinski definition) is 3. The molecule has 1 aliphatic heterocycles. The first-order valence-corrected chi connectivity index (χ1v) is 10.1. The lowest BCUT2D eigenvalue weighted by atomic mass is 10.0. The minimum Gasteiger partial charge on any atom is -0.390 e. The lowest BCUT2D eigenvalue weighted by Gasteiger charge is -2.25. The van der Waals surface area contributed by atoms with Gasteiger partial charge in [-0.2, -0.15) is 0 Å². The monoisotopic (exact) mass is 440 g/mol. The highest BCUT2D eigenvalue weighted by Crippen LogP contribution is 2.22. The van der Waals surface area contributed by atoms with Crippen molar-refractivity contribution in [2.24, 2.45) is 5.16 Å². The third-order valence-corrected chi connectivity index (χ3v) is 5.30. The number of amides is 1. The van der Waals surface area contributed by atoms with Crippen molar-refractivity contribution in [1.82, 2.24) is 4.90 Å². The zero-order valence-electron chi connectivity index (χ0n) is 16.5. The van der Waals surface area contributed by atoms with Gasteiger partial charge in [0.05, 0.1) is 17.8 Å². The summed E-state index contributed by atoms with van der Waals surface area (Å²) in [6.45, 7) is 0.109. The normalized spacial score (nSPS) is 15.3. The lowest BCUT2D eigenvalue weighted by Crippen LogP contribution is -2.38. The van der Waals surface area contributed by atoms with Gasteiger partial charge in [-0.25, -0.2) is 8.78 Å². The van der Waals surface area contributed by atoms with Crippen LogP contribution in [0.5, 0.6) is 0 Å². The van der Waals surface area contributed by atoms with Crippen molar-refractivity contribution in [1.29, 1.82) is 0 Å². The molecule has 0 radical (unpaired) electrons. The van der Waals surface area contributed by atoms with Crippen LogP contribution in [0.15, 0.2) is 78.0 Å². The Morgan fingerprint density at radius 2 is 1.68 bits per heavy atom. The lowest BCUT2D eigenvalue weighted by molar-refractivity contribution is 0.0400. The van der Waals surface area contributed by atoms with Crippen molar-refractivity contribution in [3.8, 4) is 0 Å². The molecule has 7 heteroatoms. The molecule has 0 fully saturated rings. The minimum absolute atomic E-state index is 0.0179. The molecule has 0 aromatic heterocycles. The Morgan fingerprint density at radius 3 is 2.39 bits per heavy atom. The van der Waals surface area contributed by atoms with Crippen molar-refractivity contribution in [3.05, 3.63) is 106 Å². The highest BCUT2D eigenvalue weighted by atomic mass is 35.5. The maximum atomic E-state index is 14.3. The molecular weight excluding hydrogens is 422 g/mol. The van der Waals surface area contributed by atoms with Crippen molar-refractivity contribution in [2.75, 3.05) is 6.54 Å². The first kappa shape index (κ1) is 21.0. The standard InChI is InChI=1S/C24H19ClF2N2O2/c25-18-11-9-16(10-12-18)23-13-19(31-28-23)15-29(14-17-5-1-3-7-21(17)26)24(30)20-6-2-4-8-22(20)27/h1-12,19H,13-15H2/t19-/m0/s1. The molecule has 0 aliphatic carbocycles. The maximum absolute atomic E-state index is 14.3. The smallest absolute Gasteiger partial charge is 0.257 e. The van der Waals surface area contributed by atoms with Gasteiger partial charge in [0.1, 0.15) is 11.6 Å². The summed E-state index contributed by atoms with van der Waals surface area (Å²) in [6, 6.07) is 19.1. The summed E-state index contributed by atoms with van der Waals surface area (Å²) in [5.74, 6) is -1.60. The maximum Gasteiger partial charge on any atom is 0.257 e. The zero-order valence-corrected chi connectivity index (χ0v) is 17.2. The van der Waals surface area contributed by atoms with E-state index in [9.17, 15) is 13.6 Å². The third kappa shape index (κ3) is 4.91. The van der Waals surface area contributed by atoms with Gasteiger partial charge < -0.3 is 9.74 Å². The fourth-order valence-corrected chi connectivity index (χ4v) is 3.57. The average Bonchev–Trinajstić information content (AvgIpc) is 3.24. The zero-order chi connectivity index (χ0) is 21.8. The summed E-state index contributed by atoms with van der Waals surface area (Å²) >= 11 is 5.93. The summed E-state index contributed by atoms with van der Waals surface area (Å²) in [7, 11) is 0. The Hall–Kier alpha value is -3.25. The summed E-state index contributed by atoms with van der Waals surface area (Å²) in [6.07, 6.45) is 0.0214. The van der Waals surface area contributed by atoms with Crippen LogP contribution in [-0.4, -0.2) is 29.2 Å². The minimum atomic E-state index is -0.628. The average molecular weight is 441 g/mol. The molecule has 1 amide bonds. The molecule has 1 heterocycles. The fourth-order valence-electron chi connectivity index (χ4n) is 3.44. The second-order valence-corrected chi connectivity index (χ2v) is 7.67. The van der Waals surface area contributed by atoms with Crippen LogP contribution < -0.4 is 0 Å². The third-order valence-electron chi connectivity index (χ3n) is 5.04. The Morgan fingerprint density at radius 1 is 1.00 bits per heavy atom. The van der Waals surface area contributed by atoms with Crippen LogP contribution in [0.2, 0.25) is 5.02 Å². The van der Waals surface area contributed by atoms with E-state index in [-0.39, 0.29) is 18.7 Å². The van der Waals surface area contributed by atoms with Crippen LogP contribution in [0.1, 0.15) is 27.9 Å². The largest absolute Gasteiger partial charge is 0.390 e. The number of benzene rings is 3. The van der Waals surface area contributed by atoms with Gasteiger partial charge in [-0.3, -0.25) is 4.79 Å². The van der Waals surface area contributed by atoms with E-state index in [0.29, 0.717) is 17.0 Å². The van der Waals surface area contributed by atoms with E-state index < -0.39 is 23.6 Å². The van der Waals surface area contributed by atoms with Gasteiger partial charge in [0.15, 0.2) is 6.10 Å². The molecule has 1 aliphatic rings. The van der Waals surface area contributed by atoms with Crippen LogP contribution in [0, 0.1) is 11.6 Å². The van der Waals surface area contributed by atoms with E-state index in [1.165, 1.54) is 29.2 Å². The van der Waals surface area contributed by atoms with E-state index in [1.54, 1.807) is 36.4 Å². The summed E-state index contributed by atoms with van der Waals surface area (Å²) in [5, 5.41) is 4.75. The first-order valence-electron chi connectivity index (χ1n) is 9.77. The van der Waals surface area contributed by atoms with Crippen molar-refractivity contribution < 1.29 is 18.4 Å². The summed E-state index contributed by atoms with van der Waals surface area (Å²) in [5.41, 5.74) is 1.86. The SMILES string of the molecule is O=C(c1ccccc1F)N(Cc1ccccc1F)C[C@@H]1CC(c2ccc(Cl)cc2)=NO1. The predicted octanol–water partition coefficient (Wildman–Crippen LogP) is 5.45. The Balaban J connectivity index is 1.53. The van der Waals surface area contributed by atoms with E-state index in [1.807, 2.05) is 12.1 Å². The van der Waals surface area contributed by atoms with Gasteiger partial charge in [0, 0.05) is 23.6 Å². The summed E-state index contributed by atoms with van der Waals surface area (Å²) < 4.78 is 28.5. The fraction of sp³-hybridized carbons (Fsp3) is 0.167. The Labute approximate surface area is 183 Å². The molecule has 0 bridgehead atoms. The molecule has 4 nitrogen and oxygen atoms in total. The Kier molecular flexibility index (Phi) is 6.28. The highest BCUT2D eigenvalue weighted by molar-refractivity contribution is 6.30. The van der Waals surface area contributed by atoms with E-state index in [2.05, 4.69) is 5.16 Å². The van der Waals surface area contributed by atoms with Crippen LogP contribution in [0.25, 0.3) is 0 Å². The number of rotatable bonds is 6. The second kappa shape index (κ2) is 9.27. The Bertz CT molecular complexity index is 1120. The number of carbonyl (C=O) groups excluding carboxylic acids is 1. The van der Waals surface area contributed by atoms with Crippen molar-refractivity contribution in [3.63, 3.8) is 0 Å². The molecule has 0 spiro atoms. The molecule has 0 saturated heterocycles. The molecule has 4 rings (SSSR count). The van der Waals surface area contributed by atoms with E-state index in [4.69, 9.17) is 16.4 Å². The van der Waals surface area contributed by atoms with E-state index in [0.717, 1.165) is 11.3 Å². The number of hydrogen-bond donors (Lipinski definition) is 0. The van der Waals surface area contributed by atoms with Crippen LogP contribution in [0.4, 0.5) is 8.78 Å². The van der Waals surface area contributed by atoms with Crippen LogP contribution in [-0.2, 0) is 11.4 Å². The van der Waals surface area contributed by atoms with Gasteiger partial charge >= 0.3 is 0 Å². The van der Waals surface area contributed by atoms with Gasteiger partial charge in [-0.1, -0.05) is 59.2 Å². The molecule has 0 unspecified atom stereocenters. The van der Waals surface area contributed by atoms with Crippen molar-refractivity contribution in [2.45, 2.75) is 19.1 Å². The van der Waals surface area contributed by atoms with Gasteiger partial charge in [-0.15, -0.1) is 0 Å². The molecule has 0 N–H and O–H groups in total. The molecule has 158 valence electrons. The molecular formula is C24H19ClF2N2O2. The molecule has 3 aromatic rings. The second-order valence-electron chi connectivity index (χ2n) is 7.23. The number of nitrogens with zero attached hydrogens (tertiary/aromatic N) is 2. The topological polar surface area (TPSA) is 41.9 Å². The predicted molar refractivity (Wildman–Crippen MR) is 115 cm³/mol. The first-order chi connectivity index (χ1) is 15.0. The summed E-state index contributed by atoms with van der Waals surface area (Å²) in [4.78, 5) is 20.0. The number of halogens is 3. The number of oxime groups is 1. The molecule has 1 atom stereocenters. The quantitative estimate of drug-likeness (QED) is 0.511. The van der Waals surface area contributed by atoms with Crippen LogP contribution in [0.3, 0.4) is 0 Å². The number of carbonyl (C=O) groups is 1. The van der Waals surface area contributed by atoms with Crippen LogP contribution >= 0.6 is 11.6 Å². The van der Waals surface area contributed by atoms with Gasteiger partial charge in [-0.05, 0) is 35.9 Å². The van der Waals surface area contributed by atoms with E-state index >= 15 is 0 Å².